The lowest BCUT2D eigenvalue weighted by molar-refractivity contribution is 0.0691. The molecule has 0 aromatic carbocycles. The summed E-state index contributed by atoms with van der Waals surface area (Å²) in [5.74, 6) is -1.10. The standard InChI is InChI=1S/C8H6ClN3O2/c1-12-7-4(3-10-12)5(9)2-6(11-7)8(13)14/h2-3H,1H3,(H,13,14). The number of hydrogen-bond donors (Lipinski definition) is 1. The maximum absolute atomic E-state index is 10.7. The normalized spacial score (nSPS) is 10.7. The van der Waals surface area contributed by atoms with Crippen LogP contribution < -0.4 is 0 Å². The molecule has 0 saturated heterocycles. The average molecular weight is 212 g/mol. The lowest BCUT2D eigenvalue weighted by Crippen LogP contribution is -2.02. The third kappa shape index (κ3) is 1.22. The largest absolute Gasteiger partial charge is 0.477 e. The molecule has 0 unspecified atom stereocenters. The number of nitrogens with zero attached hydrogens (tertiary/aromatic N) is 3. The fourth-order valence-corrected chi connectivity index (χ4v) is 1.42. The van der Waals surface area contributed by atoms with Gasteiger partial charge in [0.25, 0.3) is 0 Å². The highest BCUT2D eigenvalue weighted by molar-refractivity contribution is 6.35. The molecule has 0 spiro atoms. The van der Waals surface area contributed by atoms with Crippen molar-refractivity contribution in [2.45, 2.75) is 0 Å². The first-order valence-electron chi connectivity index (χ1n) is 3.81. The van der Waals surface area contributed by atoms with Crippen molar-refractivity contribution >= 4 is 28.6 Å². The third-order valence-corrected chi connectivity index (χ3v) is 2.19. The molecule has 0 aliphatic rings. The Hall–Kier alpha value is -1.62. The van der Waals surface area contributed by atoms with Gasteiger partial charge in [0.2, 0.25) is 0 Å². The van der Waals surface area contributed by atoms with Crippen LogP contribution in [0.25, 0.3) is 11.0 Å². The summed E-state index contributed by atoms with van der Waals surface area (Å²) in [5, 5.41) is 13.7. The highest BCUT2D eigenvalue weighted by Crippen LogP contribution is 2.22. The van der Waals surface area contributed by atoms with E-state index in [9.17, 15) is 4.79 Å². The number of hydrogen-bond acceptors (Lipinski definition) is 3. The molecular weight excluding hydrogens is 206 g/mol. The molecule has 2 aromatic heterocycles. The van der Waals surface area contributed by atoms with Crippen LogP contribution in [0.4, 0.5) is 0 Å². The van der Waals surface area contributed by atoms with Gasteiger partial charge in [0, 0.05) is 7.05 Å². The number of carboxylic acid groups (broad SMARTS) is 1. The van der Waals surface area contributed by atoms with Crippen LogP contribution >= 0.6 is 11.6 Å². The zero-order valence-electron chi connectivity index (χ0n) is 7.23. The summed E-state index contributed by atoms with van der Waals surface area (Å²) in [7, 11) is 1.68. The number of aromatic carboxylic acids is 1. The first-order chi connectivity index (χ1) is 6.59. The Morgan fingerprint density at radius 1 is 1.64 bits per heavy atom. The Kier molecular flexibility index (Phi) is 1.89. The Balaban J connectivity index is 2.82. The topological polar surface area (TPSA) is 68.0 Å². The van der Waals surface area contributed by atoms with Crippen LogP contribution in [0.2, 0.25) is 5.02 Å². The van der Waals surface area contributed by atoms with Crippen LogP contribution in [0.5, 0.6) is 0 Å². The van der Waals surface area contributed by atoms with Gasteiger partial charge in [-0.1, -0.05) is 11.6 Å². The van der Waals surface area contributed by atoms with Crippen molar-refractivity contribution < 1.29 is 9.90 Å². The average Bonchev–Trinajstić information content (AvgIpc) is 2.48. The van der Waals surface area contributed by atoms with E-state index in [4.69, 9.17) is 16.7 Å². The summed E-state index contributed by atoms with van der Waals surface area (Å²) in [6.07, 6.45) is 1.55. The van der Waals surface area contributed by atoms with E-state index in [1.807, 2.05) is 0 Å². The molecule has 0 fully saturated rings. The Morgan fingerprint density at radius 2 is 2.36 bits per heavy atom. The highest BCUT2D eigenvalue weighted by Gasteiger charge is 2.11. The quantitative estimate of drug-likeness (QED) is 0.773. The summed E-state index contributed by atoms with van der Waals surface area (Å²) >= 11 is 5.86. The smallest absolute Gasteiger partial charge is 0.354 e. The molecule has 14 heavy (non-hydrogen) atoms. The summed E-state index contributed by atoms with van der Waals surface area (Å²) in [6, 6.07) is 1.31. The minimum absolute atomic E-state index is 0.0777. The maximum Gasteiger partial charge on any atom is 0.354 e. The van der Waals surface area contributed by atoms with E-state index in [2.05, 4.69) is 10.1 Å². The molecule has 0 aliphatic carbocycles. The van der Waals surface area contributed by atoms with Gasteiger partial charge in [-0.05, 0) is 6.07 Å². The predicted molar refractivity (Wildman–Crippen MR) is 50.5 cm³/mol. The molecule has 2 rings (SSSR count). The summed E-state index contributed by atoms with van der Waals surface area (Å²) in [4.78, 5) is 14.6. The minimum Gasteiger partial charge on any atom is -0.477 e. The van der Waals surface area contributed by atoms with Gasteiger partial charge in [-0.3, -0.25) is 4.68 Å². The summed E-state index contributed by atoms with van der Waals surface area (Å²) in [6.45, 7) is 0. The van der Waals surface area contributed by atoms with Crippen molar-refractivity contribution in [3.63, 3.8) is 0 Å². The van der Waals surface area contributed by atoms with Gasteiger partial charge in [-0.2, -0.15) is 5.10 Å². The van der Waals surface area contributed by atoms with Crippen LogP contribution in [0.15, 0.2) is 12.3 Å². The number of carbonyl (C=O) groups is 1. The number of rotatable bonds is 1. The van der Waals surface area contributed by atoms with Crippen LogP contribution in [-0.2, 0) is 7.05 Å². The molecule has 0 aliphatic heterocycles. The van der Waals surface area contributed by atoms with Crippen LogP contribution in [0.3, 0.4) is 0 Å². The number of aromatic nitrogens is 3. The van der Waals surface area contributed by atoms with Crippen LogP contribution in [0.1, 0.15) is 10.5 Å². The predicted octanol–water partition coefficient (Wildman–Crippen LogP) is 1.32. The van der Waals surface area contributed by atoms with E-state index in [-0.39, 0.29) is 5.69 Å². The van der Waals surface area contributed by atoms with Crippen molar-refractivity contribution in [1.29, 1.82) is 0 Å². The maximum atomic E-state index is 10.7. The Labute approximate surface area is 83.9 Å². The van der Waals surface area contributed by atoms with Crippen molar-refractivity contribution in [3.8, 4) is 0 Å². The first kappa shape index (κ1) is 8.96. The molecule has 72 valence electrons. The Morgan fingerprint density at radius 3 is 3.00 bits per heavy atom. The van der Waals surface area contributed by atoms with E-state index in [1.54, 1.807) is 13.2 Å². The molecule has 0 amide bonds. The van der Waals surface area contributed by atoms with E-state index < -0.39 is 5.97 Å². The summed E-state index contributed by atoms with van der Waals surface area (Å²) < 4.78 is 1.48. The molecule has 5 nitrogen and oxygen atoms in total. The first-order valence-corrected chi connectivity index (χ1v) is 4.19. The van der Waals surface area contributed by atoms with Gasteiger partial charge in [0.05, 0.1) is 16.6 Å². The molecule has 0 atom stereocenters. The molecule has 2 aromatic rings. The number of carboxylic acids is 1. The minimum atomic E-state index is -1.10. The van der Waals surface area contributed by atoms with Crippen LogP contribution in [-0.4, -0.2) is 25.8 Å². The van der Waals surface area contributed by atoms with Gasteiger partial charge >= 0.3 is 5.97 Å². The van der Waals surface area contributed by atoms with Crippen molar-refractivity contribution in [1.82, 2.24) is 14.8 Å². The number of aryl methyl sites for hydroxylation is 1. The van der Waals surface area contributed by atoms with Crippen molar-refractivity contribution in [2.75, 3.05) is 0 Å². The second kappa shape index (κ2) is 2.95. The second-order valence-corrected chi connectivity index (χ2v) is 3.21. The monoisotopic (exact) mass is 211 g/mol. The van der Waals surface area contributed by atoms with Gasteiger partial charge in [-0.15, -0.1) is 0 Å². The zero-order valence-corrected chi connectivity index (χ0v) is 7.99. The van der Waals surface area contributed by atoms with Gasteiger partial charge in [0.1, 0.15) is 0 Å². The van der Waals surface area contributed by atoms with E-state index in [0.29, 0.717) is 16.1 Å². The highest BCUT2D eigenvalue weighted by atomic mass is 35.5. The second-order valence-electron chi connectivity index (χ2n) is 2.80. The number of halogens is 1. The molecule has 1 N–H and O–H groups in total. The van der Waals surface area contributed by atoms with Gasteiger partial charge in [0.15, 0.2) is 11.3 Å². The third-order valence-electron chi connectivity index (χ3n) is 1.87. The number of fused-ring (bicyclic) bond motifs is 1. The van der Waals surface area contributed by atoms with Crippen molar-refractivity contribution in [3.05, 3.63) is 23.0 Å². The summed E-state index contributed by atoms with van der Waals surface area (Å²) in [5.41, 5.74) is 0.390. The molecule has 6 heteroatoms. The molecule has 0 radical (unpaired) electrons. The fraction of sp³-hybridized carbons (Fsp3) is 0.125. The molecule has 0 saturated carbocycles. The van der Waals surface area contributed by atoms with E-state index in [0.717, 1.165) is 0 Å². The zero-order chi connectivity index (χ0) is 10.3. The Bertz CT molecular complexity index is 521. The van der Waals surface area contributed by atoms with Crippen LogP contribution in [0, 0.1) is 0 Å². The molecule has 2 heterocycles. The van der Waals surface area contributed by atoms with E-state index in [1.165, 1.54) is 10.7 Å². The SMILES string of the molecule is Cn1ncc2c(Cl)cc(C(=O)O)nc21. The van der Waals surface area contributed by atoms with E-state index >= 15 is 0 Å². The molecular formula is C8H6ClN3O2. The van der Waals surface area contributed by atoms with Gasteiger partial charge < -0.3 is 5.11 Å². The lowest BCUT2D eigenvalue weighted by Gasteiger charge is -1.98. The molecule has 0 bridgehead atoms. The fourth-order valence-electron chi connectivity index (χ4n) is 1.19. The lowest BCUT2D eigenvalue weighted by atomic mass is 10.3. The number of pyridine rings is 1. The van der Waals surface area contributed by atoms with Crippen molar-refractivity contribution in [2.24, 2.45) is 7.05 Å². The van der Waals surface area contributed by atoms with Gasteiger partial charge in [-0.25, -0.2) is 9.78 Å².